The normalized spacial score (nSPS) is 11.2. The zero-order chi connectivity index (χ0) is 22.6. The lowest BCUT2D eigenvalue weighted by Crippen LogP contribution is -2.25. The Kier molecular flexibility index (Phi) is 5.62. The molecule has 0 aliphatic rings. The van der Waals surface area contributed by atoms with Gasteiger partial charge < -0.3 is 14.3 Å². The monoisotopic (exact) mass is 443 g/mol. The number of fused-ring (bicyclic) bond motifs is 1. The van der Waals surface area contributed by atoms with Crippen LogP contribution in [0.4, 0.5) is 0 Å². The van der Waals surface area contributed by atoms with Crippen molar-refractivity contribution in [2.24, 2.45) is 0 Å². The van der Waals surface area contributed by atoms with Gasteiger partial charge in [0, 0.05) is 30.9 Å². The van der Waals surface area contributed by atoms with Gasteiger partial charge in [0.2, 0.25) is 5.89 Å². The van der Waals surface area contributed by atoms with Crippen molar-refractivity contribution in [1.29, 1.82) is 0 Å². The van der Waals surface area contributed by atoms with Crippen molar-refractivity contribution in [2.45, 2.75) is 26.3 Å². The minimum Gasteiger partial charge on any atom is -0.467 e. The quantitative estimate of drug-likeness (QED) is 0.363. The molecule has 33 heavy (non-hydrogen) atoms. The standard InChI is InChI=1S/C23H21N7O3/c1-15-27-21(33-29-15)7-3-9-25-23(31)18-11-20(16-5-2-8-24-12-16)28-22-19(18)13-26-30(22)14-17-6-4-10-32-17/h2,4-6,8,10-13H,3,7,9,14H2,1H3,(H,25,31). The van der Waals surface area contributed by atoms with Crippen LogP contribution in [0.3, 0.4) is 0 Å². The fourth-order valence-electron chi connectivity index (χ4n) is 3.54. The van der Waals surface area contributed by atoms with Gasteiger partial charge in [-0.15, -0.1) is 0 Å². The molecule has 0 aliphatic carbocycles. The fourth-order valence-corrected chi connectivity index (χ4v) is 3.54. The van der Waals surface area contributed by atoms with Crippen molar-refractivity contribution in [1.82, 2.24) is 35.2 Å². The minimum absolute atomic E-state index is 0.202. The highest BCUT2D eigenvalue weighted by molar-refractivity contribution is 6.06. The van der Waals surface area contributed by atoms with Gasteiger partial charge >= 0.3 is 0 Å². The first-order chi connectivity index (χ1) is 16.2. The van der Waals surface area contributed by atoms with Gasteiger partial charge in [-0.05, 0) is 43.7 Å². The number of amides is 1. The highest BCUT2D eigenvalue weighted by Gasteiger charge is 2.18. The Bertz CT molecular complexity index is 1370. The second-order valence-corrected chi connectivity index (χ2v) is 7.51. The predicted octanol–water partition coefficient (Wildman–Crippen LogP) is 3.19. The third-order valence-corrected chi connectivity index (χ3v) is 5.12. The SMILES string of the molecule is Cc1noc(CCCNC(=O)c2cc(-c3cccnc3)nc3c2cnn3Cc2ccco2)n1. The highest BCUT2D eigenvalue weighted by Crippen LogP contribution is 2.25. The van der Waals surface area contributed by atoms with Crippen molar-refractivity contribution in [3.05, 3.63) is 78.2 Å². The summed E-state index contributed by atoms with van der Waals surface area (Å²) in [5, 5.41) is 11.9. The van der Waals surface area contributed by atoms with E-state index in [1.807, 2.05) is 24.3 Å². The summed E-state index contributed by atoms with van der Waals surface area (Å²) in [7, 11) is 0. The van der Waals surface area contributed by atoms with Crippen molar-refractivity contribution < 1.29 is 13.7 Å². The van der Waals surface area contributed by atoms with E-state index in [9.17, 15) is 4.79 Å². The molecule has 0 spiro atoms. The van der Waals surface area contributed by atoms with Gasteiger partial charge in [0.05, 0.1) is 29.1 Å². The maximum atomic E-state index is 13.1. The van der Waals surface area contributed by atoms with Crippen LogP contribution in [0.1, 0.15) is 34.3 Å². The van der Waals surface area contributed by atoms with Crippen LogP contribution in [0.2, 0.25) is 0 Å². The average molecular weight is 443 g/mol. The Labute approximate surface area is 188 Å². The third-order valence-electron chi connectivity index (χ3n) is 5.12. The van der Waals surface area contributed by atoms with E-state index in [1.165, 1.54) is 0 Å². The van der Waals surface area contributed by atoms with Crippen molar-refractivity contribution >= 4 is 16.9 Å². The van der Waals surface area contributed by atoms with Crippen LogP contribution in [0, 0.1) is 6.92 Å². The van der Waals surface area contributed by atoms with E-state index in [2.05, 4.69) is 25.5 Å². The van der Waals surface area contributed by atoms with Crippen molar-refractivity contribution in [3.8, 4) is 11.3 Å². The smallest absolute Gasteiger partial charge is 0.252 e. The number of furan rings is 1. The molecule has 5 heterocycles. The lowest BCUT2D eigenvalue weighted by molar-refractivity contribution is 0.0954. The molecule has 0 saturated carbocycles. The molecule has 0 radical (unpaired) electrons. The van der Waals surface area contributed by atoms with Gasteiger partial charge in [-0.1, -0.05) is 5.16 Å². The molecule has 0 saturated heterocycles. The Morgan fingerprint density at radius 1 is 1.18 bits per heavy atom. The number of carbonyl (C=O) groups is 1. The number of nitrogens with one attached hydrogen (secondary N) is 1. The van der Waals surface area contributed by atoms with E-state index < -0.39 is 0 Å². The average Bonchev–Trinajstić information content (AvgIpc) is 3.59. The molecule has 1 N–H and O–H groups in total. The third kappa shape index (κ3) is 4.49. The molecular formula is C23H21N7O3. The molecular weight excluding hydrogens is 422 g/mol. The molecule has 0 unspecified atom stereocenters. The van der Waals surface area contributed by atoms with E-state index in [1.54, 1.807) is 42.5 Å². The van der Waals surface area contributed by atoms with Crippen molar-refractivity contribution in [3.63, 3.8) is 0 Å². The Morgan fingerprint density at radius 3 is 2.88 bits per heavy atom. The van der Waals surface area contributed by atoms with Gasteiger partial charge in [0.1, 0.15) is 12.3 Å². The molecule has 0 bridgehead atoms. The first-order valence-corrected chi connectivity index (χ1v) is 10.5. The summed E-state index contributed by atoms with van der Waals surface area (Å²) < 4.78 is 12.3. The number of hydrogen-bond donors (Lipinski definition) is 1. The number of nitrogens with zero attached hydrogens (tertiary/aromatic N) is 6. The lowest BCUT2D eigenvalue weighted by Gasteiger charge is -2.09. The highest BCUT2D eigenvalue weighted by atomic mass is 16.5. The molecule has 5 aromatic heterocycles. The summed E-state index contributed by atoms with van der Waals surface area (Å²) in [6.07, 6.45) is 7.96. The van der Waals surface area contributed by atoms with Gasteiger partial charge in [0.15, 0.2) is 11.5 Å². The molecule has 0 atom stereocenters. The van der Waals surface area contributed by atoms with E-state index in [-0.39, 0.29) is 5.91 Å². The molecule has 5 rings (SSSR count). The van der Waals surface area contributed by atoms with Crippen molar-refractivity contribution in [2.75, 3.05) is 6.54 Å². The molecule has 10 heteroatoms. The Morgan fingerprint density at radius 2 is 2.12 bits per heavy atom. The molecule has 1 amide bonds. The topological polar surface area (TPSA) is 125 Å². The van der Waals surface area contributed by atoms with Crippen LogP contribution >= 0.6 is 0 Å². The predicted molar refractivity (Wildman–Crippen MR) is 118 cm³/mol. The second-order valence-electron chi connectivity index (χ2n) is 7.51. The zero-order valence-corrected chi connectivity index (χ0v) is 17.9. The number of aryl methyl sites for hydroxylation is 2. The summed E-state index contributed by atoms with van der Waals surface area (Å²) in [6.45, 7) is 2.65. The van der Waals surface area contributed by atoms with Gasteiger partial charge in [-0.25, -0.2) is 9.67 Å². The van der Waals surface area contributed by atoms with E-state index in [4.69, 9.17) is 13.9 Å². The van der Waals surface area contributed by atoms with Crippen LogP contribution in [0.5, 0.6) is 0 Å². The number of aromatic nitrogens is 6. The molecule has 0 aliphatic heterocycles. The van der Waals surface area contributed by atoms with Gasteiger partial charge in [0.25, 0.3) is 5.91 Å². The molecule has 10 nitrogen and oxygen atoms in total. The van der Waals surface area contributed by atoms with E-state index in [0.717, 1.165) is 11.3 Å². The largest absolute Gasteiger partial charge is 0.467 e. The summed E-state index contributed by atoms with van der Waals surface area (Å²) in [6, 6.07) is 9.21. The number of pyridine rings is 2. The fraction of sp³-hybridized carbons (Fsp3) is 0.217. The van der Waals surface area contributed by atoms with E-state index >= 15 is 0 Å². The molecule has 5 aromatic rings. The maximum Gasteiger partial charge on any atom is 0.252 e. The van der Waals surface area contributed by atoms with Crippen LogP contribution in [0.25, 0.3) is 22.3 Å². The van der Waals surface area contributed by atoms with Gasteiger partial charge in [-0.2, -0.15) is 10.1 Å². The van der Waals surface area contributed by atoms with Crippen LogP contribution in [-0.2, 0) is 13.0 Å². The molecule has 0 aromatic carbocycles. The summed E-state index contributed by atoms with van der Waals surface area (Å²) in [5.74, 6) is 1.71. The zero-order valence-electron chi connectivity index (χ0n) is 17.9. The number of hydrogen-bond acceptors (Lipinski definition) is 8. The minimum atomic E-state index is -0.202. The maximum absolute atomic E-state index is 13.1. The van der Waals surface area contributed by atoms with E-state index in [0.29, 0.717) is 59.9 Å². The first kappa shape index (κ1) is 20.6. The van der Waals surface area contributed by atoms with Crippen LogP contribution < -0.4 is 5.32 Å². The van der Waals surface area contributed by atoms with Gasteiger partial charge in [-0.3, -0.25) is 9.78 Å². The number of carbonyl (C=O) groups excluding carboxylic acids is 1. The Hall–Kier alpha value is -4.34. The number of rotatable bonds is 8. The molecule has 0 fully saturated rings. The lowest BCUT2D eigenvalue weighted by atomic mass is 10.1. The summed E-state index contributed by atoms with van der Waals surface area (Å²) >= 11 is 0. The second kappa shape index (κ2) is 9.03. The molecule has 166 valence electrons. The van der Waals surface area contributed by atoms with Crippen LogP contribution in [-0.4, -0.2) is 42.3 Å². The summed E-state index contributed by atoms with van der Waals surface area (Å²) in [5.41, 5.74) is 2.55. The summed E-state index contributed by atoms with van der Waals surface area (Å²) in [4.78, 5) is 26.3. The first-order valence-electron chi connectivity index (χ1n) is 10.5. The van der Waals surface area contributed by atoms with Crippen LogP contribution in [0.15, 0.2) is 64.1 Å². The Balaban J connectivity index is 1.42.